The van der Waals surface area contributed by atoms with Crippen LogP contribution in [-0.4, -0.2) is 26.7 Å². The Morgan fingerprint density at radius 2 is 1.88 bits per heavy atom. The molecule has 0 aromatic heterocycles. The summed E-state index contributed by atoms with van der Waals surface area (Å²) in [6, 6.07) is 11.1. The number of anilines is 2. The Hall–Kier alpha value is -2.40. The Bertz CT molecular complexity index is 719. The average molecular weight is 349 g/mol. The molecule has 0 atom stereocenters. The van der Waals surface area contributed by atoms with E-state index >= 15 is 0 Å². The predicted molar refractivity (Wildman–Crippen MR) is 97.5 cm³/mol. The van der Waals surface area contributed by atoms with Crippen LogP contribution in [0.4, 0.5) is 11.4 Å². The SMILES string of the molecule is CCc1cccc(NC(=O)CNc2cc(OC)c(Cl)cc2OC)c1. The van der Waals surface area contributed by atoms with Crippen molar-refractivity contribution in [2.45, 2.75) is 13.3 Å². The molecule has 0 saturated heterocycles. The van der Waals surface area contributed by atoms with Gasteiger partial charge in [-0.15, -0.1) is 0 Å². The van der Waals surface area contributed by atoms with E-state index in [9.17, 15) is 4.79 Å². The summed E-state index contributed by atoms with van der Waals surface area (Å²) >= 11 is 6.07. The molecule has 128 valence electrons. The summed E-state index contributed by atoms with van der Waals surface area (Å²) in [5.41, 5.74) is 2.59. The number of benzene rings is 2. The van der Waals surface area contributed by atoms with Crippen molar-refractivity contribution in [3.8, 4) is 11.5 Å². The maximum Gasteiger partial charge on any atom is 0.243 e. The maximum atomic E-state index is 12.1. The molecule has 2 N–H and O–H groups in total. The minimum absolute atomic E-state index is 0.0947. The zero-order valence-electron chi connectivity index (χ0n) is 14.0. The monoisotopic (exact) mass is 348 g/mol. The van der Waals surface area contributed by atoms with Crippen LogP contribution in [0.15, 0.2) is 36.4 Å². The summed E-state index contributed by atoms with van der Waals surface area (Å²) in [6.07, 6.45) is 0.920. The van der Waals surface area contributed by atoms with Crippen LogP contribution in [-0.2, 0) is 11.2 Å². The van der Waals surface area contributed by atoms with Crippen molar-refractivity contribution in [1.82, 2.24) is 0 Å². The van der Waals surface area contributed by atoms with Crippen molar-refractivity contribution in [2.24, 2.45) is 0 Å². The number of aryl methyl sites for hydroxylation is 1. The Morgan fingerprint density at radius 3 is 2.54 bits per heavy atom. The van der Waals surface area contributed by atoms with Gasteiger partial charge in [0, 0.05) is 17.8 Å². The van der Waals surface area contributed by atoms with E-state index in [-0.39, 0.29) is 12.5 Å². The molecule has 0 bridgehead atoms. The van der Waals surface area contributed by atoms with Gasteiger partial charge < -0.3 is 20.1 Å². The largest absolute Gasteiger partial charge is 0.495 e. The van der Waals surface area contributed by atoms with Gasteiger partial charge in [0.15, 0.2) is 0 Å². The molecular formula is C18H21ClN2O3. The first-order chi connectivity index (χ1) is 11.6. The fourth-order valence-electron chi connectivity index (χ4n) is 2.25. The molecule has 6 heteroatoms. The van der Waals surface area contributed by atoms with E-state index < -0.39 is 0 Å². The third-order valence-corrected chi connectivity index (χ3v) is 3.83. The number of hydrogen-bond acceptors (Lipinski definition) is 4. The summed E-state index contributed by atoms with van der Waals surface area (Å²) < 4.78 is 10.5. The highest BCUT2D eigenvalue weighted by Gasteiger charge is 2.11. The van der Waals surface area contributed by atoms with E-state index in [1.54, 1.807) is 19.2 Å². The third kappa shape index (κ3) is 4.55. The Morgan fingerprint density at radius 1 is 1.12 bits per heavy atom. The summed E-state index contributed by atoms with van der Waals surface area (Å²) in [7, 11) is 3.07. The van der Waals surface area contributed by atoms with Crippen molar-refractivity contribution in [3.05, 3.63) is 47.0 Å². The molecule has 0 radical (unpaired) electrons. The lowest BCUT2D eigenvalue weighted by Crippen LogP contribution is -2.22. The molecular weight excluding hydrogens is 328 g/mol. The first kappa shape index (κ1) is 17.9. The van der Waals surface area contributed by atoms with Gasteiger partial charge in [0.25, 0.3) is 0 Å². The minimum atomic E-state index is -0.153. The molecule has 2 aromatic rings. The van der Waals surface area contributed by atoms with E-state index in [1.807, 2.05) is 24.3 Å². The van der Waals surface area contributed by atoms with Crippen molar-refractivity contribution in [3.63, 3.8) is 0 Å². The zero-order valence-corrected chi connectivity index (χ0v) is 14.7. The number of methoxy groups -OCH3 is 2. The standard InChI is InChI=1S/C18H21ClN2O3/c1-4-12-6-5-7-13(8-12)21-18(22)11-20-15-10-16(23-2)14(19)9-17(15)24-3/h5-10,20H,4,11H2,1-3H3,(H,21,22). The van der Waals surface area contributed by atoms with E-state index in [1.165, 1.54) is 12.7 Å². The highest BCUT2D eigenvalue weighted by Crippen LogP contribution is 2.35. The second-order valence-electron chi connectivity index (χ2n) is 5.14. The quantitative estimate of drug-likeness (QED) is 0.794. The molecule has 0 aliphatic heterocycles. The maximum absolute atomic E-state index is 12.1. The van der Waals surface area contributed by atoms with E-state index in [0.717, 1.165) is 12.1 Å². The summed E-state index contributed by atoms with van der Waals surface area (Å²) in [4.78, 5) is 12.1. The number of carbonyl (C=O) groups is 1. The topological polar surface area (TPSA) is 59.6 Å². The highest BCUT2D eigenvalue weighted by atomic mass is 35.5. The smallest absolute Gasteiger partial charge is 0.243 e. The minimum Gasteiger partial charge on any atom is -0.495 e. The van der Waals surface area contributed by atoms with Crippen LogP contribution in [0.1, 0.15) is 12.5 Å². The molecule has 0 aliphatic carbocycles. The first-order valence-corrected chi connectivity index (χ1v) is 7.99. The molecule has 1 amide bonds. The second-order valence-corrected chi connectivity index (χ2v) is 5.55. The number of halogens is 1. The molecule has 2 rings (SSSR count). The van der Waals surface area contributed by atoms with Gasteiger partial charge >= 0.3 is 0 Å². The molecule has 24 heavy (non-hydrogen) atoms. The molecule has 0 spiro atoms. The molecule has 0 saturated carbocycles. The van der Waals surface area contributed by atoms with Gasteiger partial charge in [0.1, 0.15) is 11.5 Å². The summed E-state index contributed by atoms with van der Waals surface area (Å²) in [5.74, 6) is 0.900. The Balaban J connectivity index is 2.03. The Labute approximate surface area is 146 Å². The molecule has 5 nitrogen and oxygen atoms in total. The number of rotatable bonds is 7. The summed E-state index contributed by atoms with van der Waals surface area (Å²) in [5, 5.41) is 6.35. The van der Waals surface area contributed by atoms with Crippen LogP contribution in [0.25, 0.3) is 0 Å². The molecule has 0 unspecified atom stereocenters. The van der Waals surface area contributed by atoms with Crippen LogP contribution in [0.2, 0.25) is 5.02 Å². The lowest BCUT2D eigenvalue weighted by atomic mass is 10.1. The lowest BCUT2D eigenvalue weighted by Gasteiger charge is -2.14. The van der Waals surface area contributed by atoms with Gasteiger partial charge in [0.05, 0.1) is 31.5 Å². The third-order valence-electron chi connectivity index (χ3n) is 3.53. The van der Waals surface area contributed by atoms with Crippen LogP contribution in [0.5, 0.6) is 11.5 Å². The summed E-state index contributed by atoms with van der Waals surface area (Å²) in [6.45, 7) is 2.17. The van der Waals surface area contributed by atoms with E-state index in [4.69, 9.17) is 21.1 Å². The van der Waals surface area contributed by atoms with Crippen LogP contribution >= 0.6 is 11.6 Å². The van der Waals surface area contributed by atoms with Gasteiger partial charge in [-0.1, -0.05) is 30.7 Å². The molecule has 2 aromatic carbocycles. The number of hydrogen-bond donors (Lipinski definition) is 2. The van der Waals surface area contributed by atoms with Gasteiger partial charge in [-0.05, 0) is 24.1 Å². The zero-order chi connectivity index (χ0) is 17.5. The van der Waals surface area contributed by atoms with Crippen molar-refractivity contribution < 1.29 is 14.3 Å². The number of nitrogens with one attached hydrogen (secondary N) is 2. The second kappa shape index (κ2) is 8.45. The molecule has 0 fully saturated rings. The van der Waals surface area contributed by atoms with Gasteiger partial charge in [0.2, 0.25) is 5.91 Å². The number of carbonyl (C=O) groups excluding carboxylic acids is 1. The average Bonchev–Trinajstić information content (AvgIpc) is 2.60. The highest BCUT2D eigenvalue weighted by molar-refractivity contribution is 6.32. The Kier molecular flexibility index (Phi) is 6.32. The molecule has 0 aliphatic rings. The molecule has 0 heterocycles. The van der Waals surface area contributed by atoms with Gasteiger partial charge in [-0.25, -0.2) is 0 Å². The fraction of sp³-hybridized carbons (Fsp3) is 0.278. The van der Waals surface area contributed by atoms with Gasteiger partial charge in [-0.3, -0.25) is 4.79 Å². The number of ether oxygens (including phenoxy) is 2. The van der Waals surface area contributed by atoms with Crippen molar-refractivity contribution in [2.75, 3.05) is 31.4 Å². The van der Waals surface area contributed by atoms with Crippen LogP contribution in [0, 0.1) is 0 Å². The number of amides is 1. The van der Waals surface area contributed by atoms with E-state index in [2.05, 4.69) is 17.6 Å². The fourth-order valence-corrected chi connectivity index (χ4v) is 2.48. The van der Waals surface area contributed by atoms with Crippen LogP contribution < -0.4 is 20.1 Å². The van der Waals surface area contributed by atoms with Crippen molar-refractivity contribution in [1.29, 1.82) is 0 Å². The van der Waals surface area contributed by atoms with Crippen LogP contribution in [0.3, 0.4) is 0 Å². The lowest BCUT2D eigenvalue weighted by molar-refractivity contribution is -0.114. The van der Waals surface area contributed by atoms with Crippen molar-refractivity contribution >= 4 is 28.9 Å². The normalized spacial score (nSPS) is 10.2. The predicted octanol–water partition coefficient (Wildman–Crippen LogP) is 3.97. The first-order valence-electron chi connectivity index (χ1n) is 7.61. The van der Waals surface area contributed by atoms with Gasteiger partial charge in [-0.2, -0.15) is 0 Å². The van der Waals surface area contributed by atoms with E-state index in [0.29, 0.717) is 22.2 Å².